The summed E-state index contributed by atoms with van der Waals surface area (Å²) in [5.41, 5.74) is 3.22. The van der Waals surface area contributed by atoms with Crippen LogP contribution >= 0.6 is 11.3 Å². The molecular formula is C21H28N4O3S. The summed E-state index contributed by atoms with van der Waals surface area (Å²) in [6.45, 7) is 7.68. The van der Waals surface area contributed by atoms with Gasteiger partial charge in [-0.3, -0.25) is 9.59 Å². The van der Waals surface area contributed by atoms with Crippen LogP contribution in [-0.4, -0.2) is 57.3 Å². The van der Waals surface area contributed by atoms with Crippen LogP contribution in [0.5, 0.6) is 0 Å². The molecule has 4 rings (SSSR count). The highest BCUT2D eigenvalue weighted by atomic mass is 32.1. The maximum atomic E-state index is 13.1. The summed E-state index contributed by atoms with van der Waals surface area (Å²) in [4.78, 5) is 39.1. The van der Waals surface area contributed by atoms with Gasteiger partial charge in [0, 0.05) is 32.6 Å². The number of oxazole rings is 1. The molecule has 2 saturated heterocycles. The molecule has 29 heavy (non-hydrogen) atoms. The van der Waals surface area contributed by atoms with Crippen molar-refractivity contribution < 1.29 is 14.0 Å². The van der Waals surface area contributed by atoms with E-state index in [1.54, 1.807) is 12.4 Å². The Morgan fingerprint density at radius 2 is 1.79 bits per heavy atom. The summed E-state index contributed by atoms with van der Waals surface area (Å²) in [5.74, 6) is 1.36. The number of likely N-dealkylation sites (tertiary alicyclic amines) is 2. The number of piperidine rings is 2. The van der Waals surface area contributed by atoms with Crippen molar-refractivity contribution in [1.82, 2.24) is 19.8 Å². The normalized spacial score (nSPS) is 20.9. The first-order valence-corrected chi connectivity index (χ1v) is 11.3. The molecule has 0 saturated carbocycles. The summed E-state index contributed by atoms with van der Waals surface area (Å²) in [7, 11) is 0. The second kappa shape index (κ2) is 8.26. The standard InChI is InChI=1S/C21H28N4O3S/c1-13-18(28-15(3)23-13)20(26)24-10-7-16(8-11-24)17-6-4-5-9-25(17)21(27)19-14(2)22-12-29-19/h12,16-17H,4-11H2,1-3H3/t17-/m0/s1. The molecule has 0 radical (unpaired) electrons. The maximum Gasteiger partial charge on any atom is 0.291 e. The highest BCUT2D eigenvalue weighted by molar-refractivity contribution is 7.11. The summed E-state index contributed by atoms with van der Waals surface area (Å²) in [5, 5.41) is 0. The highest BCUT2D eigenvalue weighted by Crippen LogP contribution is 2.33. The van der Waals surface area contributed by atoms with Crippen molar-refractivity contribution in [2.45, 2.75) is 58.9 Å². The van der Waals surface area contributed by atoms with Gasteiger partial charge in [-0.1, -0.05) is 0 Å². The highest BCUT2D eigenvalue weighted by Gasteiger charge is 2.37. The average Bonchev–Trinajstić information content (AvgIpc) is 3.31. The van der Waals surface area contributed by atoms with Gasteiger partial charge in [0.25, 0.3) is 11.8 Å². The summed E-state index contributed by atoms with van der Waals surface area (Å²) in [6, 6.07) is 0.254. The second-order valence-electron chi connectivity index (χ2n) is 8.11. The number of amides is 2. The summed E-state index contributed by atoms with van der Waals surface area (Å²) < 4.78 is 5.51. The minimum absolute atomic E-state index is 0.0709. The van der Waals surface area contributed by atoms with E-state index in [0.717, 1.165) is 49.2 Å². The maximum absolute atomic E-state index is 13.1. The Balaban J connectivity index is 1.42. The van der Waals surface area contributed by atoms with Gasteiger partial charge in [0.2, 0.25) is 5.76 Å². The number of hydrogen-bond acceptors (Lipinski definition) is 6. The Bertz CT molecular complexity index is 898. The average molecular weight is 417 g/mol. The molecule has 0 aliphatic carbocycles. The lowest BCUT2D eigenvalue weighted by molar-refractivity contribution is 0.0369. The molecule has 2 aliphatic rings. The van der Waals surface area contributed by atoms with Crippen LogP contribution in [0.4, 0.5) is 0 Å². The summed E-state index contributed by atoms with van der Waals surface area (Å²) in [6.07, 6.45) is 5.08. The van der Waals surface area contributed by atoms with E-state index in [0.29, 0.717) is 36.4 Å². The van der Waals surface area contributed by atoms with Gasteiger partial charge in [-0.2, -0.15) is 0 Å². The minimum Gasteiger partial charge on any atom is -0.436 e. The Morgan fingerprint density at radius 3 is 2.41 bits per heavy atom. The predicted octanol–water partition coefficient (Wildman–Crippen LogP) is 3.60. The minimum atomic E-state index is -0.0709. The Hall–Kier alpha value is -2.22. The van der Waals surface area contributed by atoms with Crippen LogP contribution < -0.4 is 0 Å². The van der Waals surface area contributed by atoms with Crippen molar-refractivity contribution in [3.8, 4) is 0 Å². The van der Waals surface area contributed by atoms with E-state index in [1.165, 1.54) is 11.3 Å². The Kier molecular flexibility index (Phi) is 5.72. The van der Waals surface area contributed by atoms with E-state index in [-0.39, 0.29) is 17.9 Å². The van der Waals surface area contributed by atoms with Gasteiger partial charge >= 0.3 is 0 Å². The molecule has 2 aromatic heterocycles. The lowest BCUT2D eigenvalue weighted by Gasteiger charge is -2.43. The molecule has 0 aromatic carbocycles. The van der Waals surface area contributed by atoms with Crippen molar-refractivity contribution in [2.24, 2.45) is 5.92 Å². The number of aryl methyl sites for hydroxylation is 3. The molecule has 2 aliphatic heterocycles. The van der Waals surface area contributed by atoms with Gasteiger partial charge in [-0.25, -0.2) is 9.97 Å². The fourth-order valence-corrected chi connectivity index (χ4v) is 5.46. The van der Waals surface area contributed by atoms with Crippen LogP contribution in [0, 0.1) is 26.7 Å². The summed E-state index contributed by atoms with van der Waals surface area (Å²) >= 11 is 1.43. The molecular weight excluding hydrogens is 388 g/mol. The van der Waals surface area contributed by atoms with Gasteiger partial charge < -0.3 is 14.2 Å². The van der Waals surface area contributed by atoms with Crippen molar-refractivity contribution >= 4 is 23.2 Å². The second-order valence-corrected chi connectivity index (χ2v) is 8.96. The van der Waals surface area contributed by atoms with Crippen molar-refractivity contribution in [3.63, 3.8) is 0 Å². The van der Waals surface area contributed by atoms with E-state index in [9.17, 15) is 9.59 Å². The first-order valence-electron chi connectivity index (χ1n) is 10.4. The number of thiazole rings is 1. The fraction of sp³-hybridized carbons (Fsp3) is 0.619. The molecule has 0 bridgehead atoms. The third-order valence-corrected chi connectivity index (χ3v) is 7.14. The molecule has 0 N–H and O–H groups in total. The number of rotatable bonds is 3. The number of carbonyl (C=O) groups excluding carboxylic acids is 2. The zero-order valence-corrected chi connectivity index (χ0v) is 18.1. The molecule has 156 valence electrons. The lowest BCUT2D eigenvalue weighted by Crippen LogP contribution is -2.51. The number of aromatic nitrogens is 2. The Labute approximate surface area is 175 Å². The monoisotopic (exact) mass is 416 g/mol. The van der Waals surface area contributed by atoms with Crippen LogP contribution in [-0.2, 0) is 0 Å². The zero-order chi connectivity index (χ0) is 20.5. The largest absolute Gasteiger partial charge is 0.436 e. The van der Waals surface area contributed by atoms with Gasteiger partial charge in [-0.05, 0) is 51.9 Å². The molecule has 4 heterocycles. The van der Waals surface area contributed by atoms with E-state index in [2.05, 4.69) is 14.9 Å². The third kappa shape index (κ3) is 3.95. The molecule has 8 heteroatoms. The van der Waals surface area contributed by atoms with Crippen molar-refractivity contribution in [1.29, 1.82) is 0 Å². The predicted molar refractivity (Wildman–Crippen MR) is 110 cm³/mol. The Morgan fingerprint density at radius 1 is 1.03 bits per heavy atom. The van der Waals surface area contributed by atoms with E-state index >= 15 is 0 Å². The van der Waals surface area contributed by atoms with Crippen LogP contribution in [0.15, 0.2) is 9.93 Å². The molecule has 2 fully saturated rings. The number of hydrogen-bond donors (Lipinski definition) is 0. The first-order chi connectivity index (χ1) is 14.0. The van der Waals surface area contributed by atoms with Crippen LogP contribution in [0.3, 0.4) is 0 Å². The third-order valence-electron chi connectivity index (χ3n) is 6.22. The lowest BCUT2D eigenvalue weighted by atomic mass is 9.83. The van der Waals surface area contributed by atoms with Gasteiger partial charge in [0.05, 0.1) is 16.9 Å². The van der Waals surface area contributed by atoms with Gasteiger partial charge in [-0.15, -0.1) is 11.3 Å². The van der Waals surface area contributed by atoms with E-state index in [4.69, 9.17) is 4.42 Å². The van der Waals surface area contributed by atoms with Crippen molar-refractivity contribution in [2.75, 3.05) is 19.6 Å². The molecule has 2 aromatic rings. The van der Waals surface area contributed by atoms with Crippen molar-refractivity contribution in [3.05, 3.63) is 33.4 Å². The van der Waals surface area contributed by atoms with Gasteiger partial charge in [0.15, 0.2) is 5.89 Å². The molecule has 7 nitrogen and oxygen atoms in total. The first kappa shape index (κ1) is 20.1. The topological polar surface area (TPSA) is 79.5 Å². The van der Waals surface area contributed by atoms with Gasteiger partial charge in [0.1, 0.15) is 4.88 Å². The fourth-order valence-electron chi connectivity index (χ4n) is 4.70. The van der Waals surface area contributed by atoms with Crippen LogP contribution in [0.2, 0.25) is 0 Å². The van der Waals surface area contributed by atoms with E-state index < -0.39 is 0 Å². The molecule has 0 spiro atoms. The molecule has 1 atom stereocenters. The number of carbonyl (C=O) groups is 2. The quantitative estimate of drug-likeness (QED) is 0.764. The zero-order valence-electron chi connectivity index (χ0n) is 17.3. The van der Waals surface area contributed by atoms with Crippen LogP contribution in [0.25, 0.3) is 0 Å². The SMILES string of the molecule is Cc1nc(C)c(C(=O)N2CCC([C@@H]3CCCCN3C(=O)c3scnc3C)CC2)o1. The smallest absolute Gasteiger partial charge is 0.291 e. The molecule has 2 amide bonds. The molecule has 0 unspecified atom stereocenters. The van der Waals surface area contributed by atoms with E-state index in [1.807, 2.05) is 18.7 Å². The van der Waals surface area contributed by atoms with Crippen LogP contribution in [0.1, 0.15) is 69.6 Å². The number of nitrogens with zero attached hydrogens (tertiary/aromatic N) is 4.